The molecule has 1 heterocycles. The van der Waals surface area contributed by atoms with Crippen molar-refractivity contribution in [3.05, 3.63) is 45.3 Å². The summed E-state index contributed by atoms with van der Waals surface area (Å²) < 4.78 is 10.3. The lowest BCUT2D eigenvalue weighted by Crippen LogP contribution is -2.20. The molecule has 0 bridgehead atoms. The van der Waals surface area contributed by atoms with Crippen LogP contribution >= 0.6 is 22.9 Å². The van der Waals surface area contributed by atoms with Crippen LogP contribution in [0.4, 0.5) is 15.5 Å². The lowest BCUT2D eigenvalue weighted by atomic mass is 10.1. The van der Waals surface area contributed by atoms with Gasteiger partial charge in [-0.15, -0.1) is 11.3 Å². The van der Waals surface area contributed by atoms with Crippen molar-refractivity contribution >= 4 is 51.6 Å². The molecule has 0 aliphatic rings. The van der Waals surface area contributed by atoms with E-state index in [-0.39, 0.29) is 28.2 Å². The molecule has 0 spiro atoms. The van der Waals surface area contributed by atoms with Crippen LogP contribution in [-0.2, 0) is 9.47 Å². The maximum Gasteiger partial charge on any atom is 0.348 e. The summed E-state index contributed by atoms with van der Waals surface area (Å²) in [6.07, 6.45) is -0.315. The second kappa shape index (κ2) is 9.57. The van der Waals surface area contributed by atoms with E-state index in [4.69, 9.17) is 21.1 Å². The van der Waals surface area contributed by atoms with Crippen LogP contribution in [0.25, 0.3) is 0 Å². The van der Waals surface area contributed by atoms with Crippen LogP contribution < -0.4 is 10.6 Å². The van der Waals surface area contributed by atoms with Gasteiger partial charge < -0.3 is 14.8 Å². The summed E-state index contributed by atoms with van der Waals surface area (Å²) in [6, 6.07) is 5.98. The van der Waals surface area contributed by atoms with Crippen molar-refractivity contribution in [3.8, 4) is 0 Å². The molecule has 28 heavy (non-hydrogen) atoms. The van der Waals surface area contributed by atoms with Crippen LogP contribution in [0.3, 0.4) is 0 Å². The van der Waals surface area contributed by atoms with E-state index in [1.165, 1.54) is 0 Å². The zero-order valence-corrected chi connectivity index (χ0v) is 17.5. The molecule has 0 radical (unpaired) electrons. The molecule has 2 rings (SSSR count). The summed E-state index contributed by atoms with van der Waals surface area (Å²) >= 11 is 6.79. The van der Waals surface area contributed by atoms with Gasteiger partial charge in [0.1, 0.15) is 9.88 Å². The number of esters is 2. The number of benzene rings is 1. The summed E-state index contributed by atoms with van der Waals surface area (Å²) in [5.41, 5.74) is 1.05. The third-order valence-electron chi connectivity index (χ3n) is 3.48. The van der Waals surface area contributed by atoms with Gasteiger partial charge in [-0.1, -0.05) is 11.6 Å². The van der Waals surface area contributed by atoms with E-state index in [1.807, 2.05) is 0 Å². The first-order chi connectivity index (χ1) is 13.2. The number of ether oxygens (including phenoxy) is 2. The van der Waals surface area contributed by atoms with E-state index in [0.717, 1.165) is 11.3 Å². The predicted octanol–water partition coefficient (Wildman–Crippen LogP) is 5.10. The molecule has 0 aliphatic carbocycles. The van der Waals surface area contributed by atoms with Crippen LogP contribution in [-0.4, -0.2) is 30.7 Å². The van der Waals surface area contributed by atoms with Gasteiger partial charge in [0.2, 0.25) is 0 Å². The predicted molar refractivity (Wildman–Crippen MR) is 110 cm³/mol. The standard InChI is InChI=1S/C19H21ClN2O5S/c1-5-26-17(23)14-11(4)15(18(24)27-10(2)3)28-16(14)22-19(25)21-13-8-6-12(20)7-9-13/h6-10H,5H2,1-4H3,(H2,21,22,25). The van der Waals surface area contributed by atoms with Gasteiger partial charge >= 0.3 is 18.0 Å². The fourth-order valence-electron chi connectivity index (χ4n) is 2.31. The molecule has 0 saturated carbocycles. The van der Waals surface area contributed by atoms with Crippen molar-refractivity contribution in [2.45, 2.75) is 33.8 Å². The van der Waals surface area contributed by atoms with Crippen molar-refractivity contribution in [3.63, 3.8) is 0 Å². The second-order valence-electron chi connectivity index (χ2n) is 6.02. The fourth-order valence-corrected chi connectivity index (χ4v) is 3.51. The van der Waals surface area contributed by atoms with Crippen molar-refractivity contribution in [1.82, 2.24) is 0 Å². The van der Waals surface area contributed by atoms with Gasteiger partial charge in [0.25, 0.3) is 0 Å². The first kappa shape index (κ1) is 21.7. The summed E-state index contributed by atoms with van der Waals surface area (Å²) in [5.74, 6) is -1.18. The third-order valence-corrected chi connectivity index (χ3v) is 4.92. The van der Waals surface area contributed by atoms with E-state index in [9.17, 15) is 14.4 Å². The highest BCUT2D eigenvalue weighted by atomic mass is 35.5. The molecular formula is C19H21ClN2O5S. The minimum Gasteiger partial charge on any atom is -0.462 e. The summed E-state index contributed by atoms with van der Waals surface area (Å²) in [5, 5.41) is 5.99. The lowest BCUT2D eigenvalue weighted by Gasteiger charge is -2.08. The molecule has 0 unspecified atom stereocenters. The van der Waals surface area contributed by atoms with Gasteiger partial charge in [0.15, 0.2) is 0 Å². The molecule has 0 fully saturated rings. The van der Waals surface area contributed by atoms with Gasteiger partial charge in [-0.25, -0.2) is 14.4 Å². The van der Waals surface area contributed by atoms with Crippen molar-refractivity contribution in [1.29, 1.82) is 0 Å². The van der Waals surface area contributed by atoms with E-state index in [2.05, 4.69) is 10.6 Å². The number of thiophene rings is 1. The number of anilines is 2. The van der Waals surface area contributed by atoms with Crippen molar-refractivity contribution < 1.29 is 23.9 Å². The summed E-state index contributed by atoms with van der Waals surface area (Å²) in [7, 11) is 0. The van der Waals surface area contributed by atoms with Gasteiger partial charge in [-0.3, -0.25) is 5.32 Å². The number of halogens is 1. The maximum atomic E-state index is 12.4. The van der Waals surface area contributed by atoms with Gasteiger partial charge in [0.05, 0.1) is 18.3 Å². The second-order valence-corrected chi connectivity index (χ2v) is 7.48. The Kier molecular flexibility index (Phi) is 7.42. The van der Waals surface area contributed by atoms with Crippen LogP contribution in [0.15, 0.2) is 24.3 Å². The van der Waals surface area contributed by atoms with E-state index < -0.39 is 18.0 Å². The van der Waals surface area contributed by atoms with Gasteiger partial charge in [-0.2, -0.15) is 0 Å². The third kappa shape index (κ3) is 5.46. The monoisotopic (exact) mass is 424 g/mol. The van der Waals surface area contributed by atoms with Crippen LogP contribution in [0, 0.1) is 6.92 Å². The Hall–Kier alpha value is -2.58. The number of hydrogen-bond donors (Lipinski definition) is 2. The quantitative estimate of drug-likeness (QED) is 0.629. The largest absolute Gasteiger partial charge is 0.462 e. The Labute approximate surface area is 172 Å². The smallest absolute Gasteiger partial charge is 0.348 e. The molecule has 0 atom stereocenters. The highest BCUT2D eigenvalue weighted by Gasteiger charge is 2.27. The molecule has 0 saturated heterocycles. The topological polar surface area (TPSA) is 93.7 Å². The van der Waals surface area contributed by atoms with E-state index in [0.29, 0.717) is 16.3 Å². The Bertz CT molecular complexity index is 877. The minimum atomic E-state index is -0.623. The van der Waals surface area contributed by atoms with E-state index in [1.54, 1.807) is 52.0 Å². The van der Waals surface area contributed by atoms with Gasteiger partial charge in [0, 0.05) is 10.7 Å². The Morgan fingerprint density at radius 1 is 1.11 bits per heavy atom. The molecule has 1 aromatic heterocycles. The highest BCUT2D eigenvalue weighted by molar-refractivity contribution is 7.18. The lowest BCUT2D eigenvalue weighted by molar-refractivity contribution is 0.0383. The number of nitrogens with one attached hydrogen (secondary N) is 2. The number of urea groups is 1. The minimum absolute atomic E-state index is 0.133. The molecular weight excluding hydrogens is 404 g/mol. The molecule has 150 valence electrons. The van der Waals surface area contributed by atoms with Crippen molar-refractivity contribution in [2.24, 2.45) is 0 Å². The SMILES string of the molecule is CCOC(=O)c1c(NC(=O)Nc2ccc(Cl)cc2)sc(C(=O)OC(C)C)c1C. The summed E-state index contributed by atoms with van der Waals surface area (Å²) in [4.78, 5) is 37.3. The van der Waals surface area contributed by atoms with Crippen molar-refractivity contribution in [2.75, 3.05) is 17.2 Å². The number of amides is 2. The number of rotatable bonds is 6. The molecule has 7 nitrogen and oxygen atoms in total. The molecule has 0 aliphatic heterocycles. The molecule has 9 heteroatoms. The molecule has 1 aromatic carbocycles. The highest BCUT2D eigenvalue weighted by Crippen LogP contribution is 2.34. The first-order valence-corrected chi connectivity index (χ1v) is 9.77. The number of carbonyl (C=O) groups is 3. The maximum absolute atomic E-state index is 12.4. The van der Waals surface area contributed by atoms with Crippen LogP contribution in [0.1, 0.15) is 46.4 Å². The zero-order chi connectivity index (χ0) is 20.8. The van der Waals surface area contributed by atoms with Gasteiger partial charge in [-0.05, 0) is 57.5 Å². The Balaban J connectivity index is 2.29. The zero-order valence-electron chi connectivity index (χ0n) is 15.9. The average Bonchev–Trinajstić information content (AvgIpc) is 2.92. The summed E-state index contributed by atoms with van der Waals surface area (Å²) in [6.45, 7) is 6.91. The molecule has 2 aromatic rings. The fraction of sp³-hybridized carbons (Fsp3) is 0.316. The first-order valence-electron chi connectivity index (χ1n) is 8.58. The molecule has 2 N–H and O–H groups in total. The van der Waals surface area contributed by atoms with Crippen LogP contribution in [0.5, 0.6) is 0 Å². The number of hydrogen-bond acceptors (Lipinski definition) is 6. The molecule has 2 amide bonds. The Morgan fingerprint density at radius 2 is 1.75 bits per heavy atom. The van der Waals surface area contributed by atoms with E-state index >= 15 is 0 Å². The normalized spacial score (nSPS) is 10.5. The average molecular weight is 425 g/mol. The van der Waals surface area contributed by atoms with Crippen LogP contribution in [0.2, 0.25) is 5.02 Å². The number of carbonyl (C=O) groups excluding carboxylic acids is 3. The Morgan fingerprint density at radius 3 is 2.32 bits per heavy atom.